The first kappa shape index (κ1) is 31.1. The summed E-state index contributed by atoms with van der Waals surface area (Å²) in [6, 6.07) is 4.67. The highest BCUT2D eigenvalue weighted by Crippen LogP contribution is 2.43. The summed E-state index contributed by atoms with van der Waals surface area (Å²) >= 11 is 0. The van der Waals surface area contributed by atoms with Crippen LogP contribution in [0.15, 0.2) is 53.4 Å². The molecule has 0 unspecified atom stereocenters. The molecule has 8 nitrogen and oxygen atoms in total. The molecule has 17 heteroatoms. The van der Waals surface area contributed by atoms with Crippen LogP contribution in [0, 0.1) is 0 Å². The molecular weight excluding hydrogens is 582 g/mol. The maximum atomic E-state index is 13.5. The van der Waals surface area contributed by atoms with Gasteiger partial charge in [-0.3, -0.25) is 9.59 Å². The number of hydrogen-bond acceptors (Lipinski definition) is 5. The van der Waals surface area contributed by atoms with Crippen LogP contribution in [0.25, 0.3) is 0 Å². The normalized spacial score (nSPS) is 17.4. The number of hydrogen-bond donors (Lipinski definition) is 1. The Kier molecular flexibility index (Phi) is 8.69. The lowest BCUT2D eigenvalue weighted by Gasteiger charge is -2.39. The first-order valence-electron chi connectivity index (χ1n) is 11.3. The number of ether oxygens (including phenoxy) is 1. The number of alkyl halides is 8. The summed E-state index contributed by atoms with van der Waals surface area (Å²) in [5, 5.41) is 2.37. The van der Waals surface area contributed by atoms with Crippen LogP contribution < -0.4 is 10.1 Å². The average molecular weight is 603 g/mol. The van der Waals surface area contributed by atoms with Gasteiger partial charge in [-0.2, -0.15) is 26.3 Å². The highest BCUT2D eigenvalue weighted by molar-refractivity contribution is 7.89. The molecule has 2 amide bonds. The van der Waals surface area contributed by atoms with E-state index in [2.05, 4.69) is 10.1 Å². The number of benzene rings is 2. The molecule has 0 radical (unpaired) electrons. The van der Waals surface area contributed by atoms with E-state index in [0.29, 0.717) is 12.1 Å². The third-order valence-corrected chi connectivity index (χ3v) is 7.80. The molecule has 220 valence electrons. The fourth-order valence-electron chi connectivity index (χ4n) is 3.80. The Morgan fingerprint density at radius 3 is 2.00 bits per heavy atom. The maximum Gasteiger partial charge on any atom is 0.573 e. The molecule has 40 heavy (non-hydrogen) atoms. The molecule has 1 saturated heterocycles. The lowest BCUT2D eigenvalue weighted by molar-refractivity contribution is -0.289. The van der Waals surface area contributed by atoms with Crippen LogP contribution in [0.3, 0.4) is 0 Å². The molecular formula is C23H21F8N3O5S. The maximum absolute atomic E-state index is 13.5. The number of nitrogens with zero attached hydrogens (tertiary/aromatic N) is 2. The molecule has 1 N–H and O–H groups in total. The van der Waals surface area contributed by atoms with Gasteiger partial charge in [-0.15, -0.1) is 13.2 Å². The summed E-state index contributed by atoms with van der Waals surface area (Å²) in [7, 11) is -4.48. The van der Waals surface area contributed by atoms with Crippen molar-refractivity contribution in [3.8, 4) is 5.75 Å². The van der Waals surface area contributed by atoms with Crippen LogP contribution in [0.2, 0.25) is 0 Å². The molecule has 3 rings (SSSR count). The second kappa shape index (κ2) is 11.2. The first-order valence-corrected chi connectivity index (χ1v) is 12.7. The van der Waals surface area contributed by atoms with E-state index in [4.69, 9.17) is 0 Å². The van der Waals surface area contributed by atoms with Crippen molar-refractivity contribution in [1.82, 2.24) is 14.5 Å². The fraction of sp³-hybridized carbons (Fsp3) is 0.391. The summed E-state index contributed by atoms with van der Waals surface area (Å²) < 4.78 is 133. The van der Waals surface area contributed by atoms with Gasteiger partial charge in [-0.25, -0.2) is 8.42 Å². The van der Waals surface area contributed by atoms with Gasteiger partial charge in [0, 0.05) is 38.7 Å². The van der Waals surface area contributed by atoms with E-state index >= 15 is 0 Å². The molecule has 1 heterocycles. The number of piperazine rings is 1. The molecule has 1 aliphatic heterocycles. The van der Waals surface area contributed by atoms with Crippen molar-refractivity contribution in [2.45, 2.75) is 42.9 Å². The quantitative estimate of drug-likeness (QED) is 0.487. The Labute approximate surface area is 222 Å². The smallest absolute Gasteiger partial charge is 0.406 e. The largest absolute Gasteiger partial charge is 0.573 e. The molecule has 0 bridgehead atoms. The van der Waals surface area contributed by atoms with Crippen molar-refractivity contribution in [3.63, 3.8) is 0 Å². The molecule has 0 aromatic heterocycles. The summed E-state index contributed by atoms with van der Waals surface area (Å²) in [5.74, 6) is -7.17. The van der Waals surface area contributed by atoms with Gasteiger partial charge in [0.2, 0.25) is 21.8 Å². The van der Waals surface area contributed by atoms with E-state index in [9.17, 15) is 53.1 Å². The number of carbonyl (C=O) groups excluding carboxylic acids is 2. The first-order chi connectivity index (χ1) is 18.3. The molecule has 0 saturated carbocycles. The van der Waals surface area contributed by atoms with Crippen LogP contribution >= 0.6 is 0 Å². The van der Waals surface area contributed by atoms with E-state index in [1.807, 2.05) is 0 Å². The predicted octanol–water partition coefficient (Wildman–Crippen LogP) is 3.78. The monoisotopic (exact) mass is 603 g/mol. The number of rotatable bonds is 7. The predicted molar refractivity (Wildman–Crippen MR) is 121 cm³/mol. The van der Waals surface area contributed by atoms with Crippen LogP contribution in [-0.4, -0.2) is 67.7 Å². The minimum absolute atomic E-state index is 0.0948. The lowest BCUT2D eigenvalue weighted by atomic mass is 10.1. The number of nitrogens with one attached hydrogen (secondary N) is 1. The third kappa shape index (κ3) is 6.99. The standard InChI is InChI=1S/C23H21F8N3O5S/c1-14(35)33-10-11-34(40(37,38)18-8-6-17(7-9-18)39-23(29,30)31)19(13-33)20(36)32-12-15-2-4-16(5-3-15)21(24,25)22(26,27)28/h2-9,19H,10-13H2,1H3,(H,32,36)/t19-/m1/s1. The minimum atomic E-state index is -5.81. The van der Waals surface area contributed by atoms with Gasteiger partial charge in [0.05, 0.1) is 4.90 Å². The van der Waals surface area contributed by atoms with E-state index < -0.39 is 62.5 Å². The average Bonchev–Trinajstić information content (AvgIpc) is 2.85. The number of sulfonamides is 1. The van der Waals surface area contributed by atoms with Gasteiger partial charge >= 0.3 is 18.5 Å². The fourth-order valence-corrected chi connectivity index (χ4v) is 5.38. The zero-order valence-corrected chi connectivity index (χ0v) is 21.2. The van der Waals surface area contributed by atoms with Crippen molar-refractivity contribution in [2.75, 3.05) is 19.6 Å². The van der Waals surface area contributed by atoms with Gasteiger partial charge in [0.15, 0.2) is 0 Å². The SMILES string of the molecule is CC(=O)N1CCN(S(=O)(=O)c2ccc(OC(F)(F)F)cc2)[C@@H](C(=O)NCc2ccc(C(F)(F)C(F)(F)F)cc2)C1. The van der Waals surface area contributed by atoms with Gasteiger partial charge in [0.1, 0.15) is 11.8 Å². The van der Waals surface area contributed by atoms with Crippen molar-refractivity contribution < 1.29 is 57.9 Å². The minimum Gasteiger partial charge on any atom is -0.406 e. The lowest BCUT2D eigenvalue weighted by Crippen LogP contribution is -2.61. The molecule has 2 aromatic carbocycles. The molecule has 1 fully saturated rings. The number of carbonyl (C=O) groups is 2. The molecule has 2 aromatic rings. The number of halogens is 8. The van der Waals surface area contributed by atoms with Crippen LogP contribution in [-0.2, 0) is 32.1 Å². The molecule has 0 spiro atoms. The Bertz CT molecular complexity index is 1330. The Balaban J connectivity index is 1.79. The van der Waals surface area contributed by atoms with Crippen molar-refractivity contribution in [3.05, 3.63) is 59.7 Å². The van der Waals surface area contributed by atoms with E-state index in [0.717, 1.165) is 40.7 Å². The van der Waals surface area contributed by atoms with Crippen molar-refractivity contribution in [1.29, 1.82) is 0 Å². The number of amides is 2. The van der Waals surface area contributed by atoms with Gasteiger partial charge in [-0.05, 0) is 29.8 Å². The third-order valence-electron chi connectivity index (χ3n) is 5.88. The van der Waals surface area contributed by atoms with Crippen molar-refractivity contribution >= 4 is 21.8 Å². The highest BCUT2D eigenvalue weighted by atomic mass is 32.2. The Morgan fingerprint density at radius 2 is 1.50 bits per heavy atom. The van der Waals surface area contributed by atoms with Gasteiger partial charge < -0.3 is 15.0 Å². The summed E-state index contributed by atoms with van der Waals surface area (Å²) in [4.78, 5) is 25.7. The topological polar surface area (TPSA) is 96.0 Å². The van der Waals surface area contributed by atoms with Crippen LogP contribution in [0.5, 0.6) is 5.75 Å². The summed E-state index contributed by atoms with van der Waals surface area (Å²) in [6.45, 7) is -0.0155. The van der Waals surface area contributed by atoms with Crippen molar-refractivity contribution in [2.24, 2.45) is 0 Å². The second-order valence-corrected chi connectivity index (χ2v) is 10.5. The van der Waals surface area contributed by atoms with Gasteiger partial charge in [0.25, 0.3) is 0 Å². The van der Waals surface area contributed by atoms with E-state index in [1.165, 1.54) is 11.8 Å². The molecule has 1 atom stereocenters. The Hall–Kier alpha value is -3.47. The van der Waals surface area contributed by atoms with E-state index in [-0.39, 0.29) is 31.7 Å². The highest BCUT2D eigenvalue weighted by Gasteiger charge is 2.58. The van der Waals surface area contributed by atoms with Crippen LogP contribution in [0.1, 0.15) is 18.1 Å². The van der Waals surface area contributed by atoms with Crippen LogP contribution in [0.4, 0.5) is 35.1 Å². The van der Waals surface area contributed by atoms with Gasteiger partial charge in [-0.1, -0.05) is 24.3 Å². The summed E-state index contributed by atoms with van der Waals surface area (Å²) in [5.41, 5.74) is -1.20. The second-order valence-electron chi connectivity index (χ2n) is 8.60. The zero-order valence-electron chi connectivity index (χ0n) is 20.4. The molecule has 1 aliphatic rings. The Morgan fingerprint density at radius 1 is 0.925 bits per heavy atom. The zero-order chi connectivity index (χ0) is 30.1. The van der Waals surface area contributed by atoms with E-state index in [1.54, 1.807) is 0 Å². The molecule has 0 aliphatic carbocycles. The summed E-state index contributed by atoms with van der Waals surface area (Å²) in [6.07, 6.45) is -10.8.